The summed E-state index contributed by atoms with van der Waals surface area (Å²) in [4.78, 5) is 17.3. The Morgan fingerprint density at radius 1 is 0.882 bits per heavy atom. The summed E-state index contributed by atoms with van der Waals surface area (Å²) in [5, 5.41) is 8.29. The van der Waals surface area contributed by atoms with Crippen LogP contribution in [0.2, 0.25) is 0 Å². The second-order valence-electron chi connectivity index (χ2n) is 8.44. The van der Waals surface area contributed by atoms with E-state index in [2.05, 4.69) is 15.2 Å². The molecule has 5 rings (SSSR count). The lowest BCUT2D eigenvalue weighted by Crippen LogP contribution is -2.49. The number of aromatic nitrogens is 3. The number of benzene rings is 3. The van der Waals surface area contributed by atoms with Crippen LogP contribution in [0.1, 0.15) is 34.5 Å². The second-order valence-corrected chi connectivity index (χ2v) is 8.44. The van der Waals surface area contributed by atoms with Crippen LogP contribution in [0.25, 0.3) is 11.0 Å². The van der Waals surface area contributed by atoms with E-state index in [-0.39, 0.29) is 23.6 Å². The Labute approximate surface area is 196 Å². The second kappa shape index (κ2) is 9.30. The molecule has 3 aromatic carbocycles. The van der Waals surface area contributed by atoms with E-state index in [0.29, 0.717) is 37.3 Å². The number of nitrogens with zero attached hydrogens (tertiary/aromatic N) is 5. The Kier molecular flexibility index (Phi) is 6.06. The van der Waals surface area contributed by atoms with Crippen LogP contribution >= 0.6 is 0 Å². The molecule has 6 nitrogen and oxygen atoms in total. The summed E-state index contributed by atoms with van der Waals surface area (Å²) in [6.07, 6.45) is 0. The molecular formula is C26H25F2N5O. The van der Waals surface area contributed by atoms with Gasteiger partial charge in [-0.15, -0.1) is 5.10 Å². The van der Waals surface area contributed by atoms with E-state index in [1.165, 1.54) is 24.3 Å². The van der Waals surface area contributed by atoms with Gasteiger partial charge in [-0.2, -0.15) is 0 Å². The molecule has 0 atom stereocenters. The van der Waals surface area contributed by atoms with Crippen LogP contribution < -0.4 is 0 Å². The van der Waals surface area contributed by atoms with Gasteiger partial charge in [-0.3, -0.25) is 9.69 Å². The molecule has 0 unspecified atom stereocenters. The molecule has 4 aromatic rings. The summed E-state index contributed by atoms with van der Waals surface area (Å²) in [5.41, 5.74) is 4.07. The number of fused-ring (bicyclic) bond motifs is 1. The first kappa shape index (κ1) is 22.2. The van der Waals surface area contributed by atoms with Gasteiger partial charge in [0.1, 0.15) is 17.2 Å². The number of amides is 1. The molecular weight excluding hydrogens is 436 g/mol. The van der Waals surface area contributed by atoms with E-state index in [1.807, 2.05) is 24.0 Å². The van der Waals surface area contributed by atoms with Gasteiger partial charge < -0.3 is 4.90 Å². The van der Waals surface area contributed by atoms with Gasteiger partial charge >= 0.3 is 0 Å². The maximum absolute atomic E-state index is 13.6. The van der Waals surface area contributed by atoms with Crippen molar-refractivity contribution in [3.05, 3.63) is 95.1 Å². The summed E-state index contributed by atoms with van der Waals surface area (Å²) in [6, 6.07) is 18.2. The van der Waals surface area contributed by atoms with Crippen molar-refractivity contribution in [1.82, 2.24) is 24.8 Å². The number of hydrogen-bond donors (Lipinski definition) is 0. The van der Waals surface area contributed by atoms with E-state index in [1.54, 1.807) is 35.0 Å². The quantitative estimate of drug-likeness (QED) is 0.445. The van der Waals surface area contributed by atoms with Gasteiger partial charge in [0.2, 0.25) is 0 Å². The fraction of sp³-hybridized carbons (Fsp3) is 0.269. The molecule has 0 spiro atoms. The number of carbonyl (C=O) groups is 1. The molecule has 0 radical (unpaired) electrons. The highest BCUT2D eigenvalue weighted by Gasteiger charge is 2.29. The van der Waals surface area contributed by atoms with Crippen molar-refractivity contribution < 1.29 is 13.6 Å². The number of hydrogen-bond acceptors (Lipinski definition) is 4. The first-order chi connectivity index (χ1) is 16.5. The Hall–Kier alpha value is -3.65. The van der Waals surface area contributed by atoms with Gasteiger partial charge in [-0.05, 0) is 60.5 Å². The predicted molar refractivity (Wildman–Crippen MR) is 125 cm³/mol. The largest absolute Gasteiger partial charge is 0.336 e. The smallest absolute Gasteiger partial charge is 0.254 e. The van der Waals surface area contributed by atoms with Crippen molar-refractivity contribution in [1.29, 1.82) is 0 Å². The molecule has 8 heteroatoms. The molecule has 1 fully saturated rings. The van der Waals surface area contributed by atoms with E-state index >= 15 is 0 Å². The summed E-state index contributed by atoms with van der Waals surface area (Å²) in [7, 11) is 0. The Morgan fingerprint density at radius 2 is 1.47 bits per heavy atom. The van der Waals surface area contributed by atoms with Crippen molar-refractivity contribution in [2.24, 2.45) is 0 Å². The standard InChI is InChI=1S/C26H25F2N5O/c1-2-33-24-12-7-20(17-23(24)29-30-33)26(34)32-15-13-31(14-16-32)25(18-3-8-21(27)9-4-18)19-5-10-22(28)11-6-19/h3-12,17,25H,2,13-16H2,1H3. The first-order valence-corrected chi connectivity index (χ1v) is 11.4. The first-order valence-electron chi connectivity index (χ1n) is 11.4. The van der Waals surface area contributed by atoms with Crippen LogP contribution in [-0.4, -0.2) is 56.9 Å². The van der Waals surface area contributed by atoms with E-state index in [0.717, 1.165) is 23.2 Å². The summed E-state index contributed by atoms with van der Waals surface area (Å²) >= 11 is 0. The Balaban J connectivity index is 1.34. The molecule has 34 heavy (non-hydrogen) atoms. The SMILES string of the molecule is CCn1nnc2cc(C(=O)N3CCN(C(c4ccc(F)cc4)c4ccc(F)cc4)CC3)ccc21. The summed E-state index contributed by atoms with van der Waals surface area (Å²) < 4.78 is 28.9. The lowest BCUT2D eigenvalue weighted by Gasteiger charge is -2.39. The van der Waals surface area contributed by atoms with E-state index in [4.69, 9.17) is 0 Å². The number of carbonyl (C=O) groups excluding carboxylic acids is 1. The highest BCUT2D eigenvalue weighted by molar-refractivity contribution is 5.97. The average Bonchev–Trinajstić information content (AvgIpc) is 3.29. The molecule has 1 aliphatic heterocycles. The average molecular weight is 462 g/mol. The van der Waals surface area contributed by atoms with Gasteiger partial charge in [-0.1, -0.05) is 29.5 Å². The fourth-order valence-corrected chi connectivity index (χ4v) is 4.61. The van der Waals surface area contributed by atoms with Crippen molar-refractivity contribution >= 4 is 16.9 Å². The highest BCUT2D eigenvalue weighted by atomic mass is 19.1. The van der Waals surface area contributed by atoms with Crippen LogP contribution in [0.15, 0.2) is 66.7 Å². The Bertz CT molecular complexity index is 1250. The van der Waals surface area contributed by atoms with Crippen LogP contribution in [0.4, 0.5) is 8.78 Å². The molecule has 0 N–H and O–H groups in total. The number of piperazine rings is 1. The van der Waals surface area contributed by atoms with Crippen LogP contribution in [0, 0.1) is 11.6 Å². The van der Waals surface area contributed by atoms with E-state index in [9.17, 15) is 13.6 Å². The predicted octanol–water partition coefficient (Wildman–Crippen LogP) is 4.28. The van der Waals surface area contributed by atoms with Crippen LogP contribution in [0.3, 0.4) is 0 Å². The lowest BCUT2D eigenvalue weighted by atomic mass is 9.96. The number of aryl methyl sites for hydroxylation is 1. The molecule has 1 saturated heterocycles. The molecule has 2 heterocycles. The van der Waals surface area contributed by atoms with Gasteiger partial charge in [0.05, 0.1) is 11.6 Å². The maximum Gasteiger partial charge on any atom is 0.254 e. The Morgan fingerprint density at radius 3 is 2.03 bits per heavy atom. The van der Waals surface area contributed by atoms with Gasteiger partial charge in [-0.25, -0.2) is 13.5 Å². The van der Waals surface area contributed by atoms with Crippen molar-refractivity contribution in [3.8, 4) is 0 Å². The topological polar surface area (TPSA) is 54.3 Å². The van der Waals surface area contributed by atoms with Gasteiger partial charge in [0.25, 0.3) is 5.91 Å². The number of rotatable bonds is 5. The molecule has 1 aliphatic rings. The van der Waals surface area contributed by atoms with E-state index < -0.39 is 0 Å². The fourth-order valence-electron chi connectivity index (χ4n) is 4.61. The normalized spacial score (nSPS) is 14.8. The highest BCUT2D eigenvalue weighted by Crippen LogP contribution is 2.30. The lowest BCUT2D eigenvalue weighted by molar-refractivity contribution is 0.0597. The third-order valence-corrected chi connectivity index (χ3v) is 6.40. The van der Waals surface area contributed by atoms with Gasteiger partial charge in [0, 0.05) is 38.3 Å². The molecule has 1 amide bonds. The number of halogens is 2. The maximum atomic E-state index is 13.6. The molecule has 0 saturated carbocycles. The molecule has 1 aromatic heterocycles. The molecule has 174 valence electrons. The van der Waals surface area contributed by atoms with Gasteiger partial charge in [0.15, 0.2) is 0 Å². The zero-order valence-corrected chi connectivity index (χ0v) is 18.9. The third kappa shape index (κ3) is 4.28. The summed E-state index contributed by atoms with van der Waals surface area (Å²) in [6.45, 7) is 5.10. The van der Waals surface area contributed by atoms with Crippen molar-refractivity contribution in [3.63, 3.8) is 0 Å². The molecule has 0 bridgehead atoms. The van der Waals surface area contributed by atoms with Crippen molar-refractivity contribution in [2.45, 2.75) is 19.5 Å². The third-order valence-electron chi connectivity index (χ3n) is 6.40. The minimum absolute atomic E-state index is 0.0345. The summed E-state index contributed by atoms with van der Waals surface area (Å²) in [5.74, 6) is -0.631. The monoisotopic (exact) mass is 461 g/mol. The zero-order chi connectivity index (χ0) is 23.7. The zero-order valence-electron chi connectivity index (χ0n) is 18.9. The minimum atomic E-state index is -0.298. The van der Waals surface area contributed by atoms with Crippen LogP contribution in [-0.2, 0) is 6.54 Å². The van der Waals surface area contributed by atoms with Crippen LogP contribution in [0.5, 0.6) is 0 Å². The minimum Gasteiger partial charge on any atom is -0.336 e. The van der Waals surface area contributed by atoms with Crippen molar-refractivity contribution in [2.75, 3.05) is 26.2 Å². The molecule has 0 aliphatic carbocycles.